The Morgan fingerprint density at radius 1 is 1.53 bits per heavy atom. The average Bonchev–Trinajstić information content (AvgIpc) is 2.75. The molecule has 2 aliphatic heterocycles. The Bertz CT molecular complexity index is 489. The van der Waals surface area contributed by atoms with Crippen LogP contribution in [0.15, 0.2) is 12.1 Å². The number of fused-ring (bicyclic) bond motifs is 3. The molecule has 4 nitrogen and oxygen atoms in total. The molecule has 1 saturated heterocycles. The molecule has 2 radical (unpaired) electrons. The van der Waals surface area contributed by atoms with Crippen LogP contribution >= 0.6 is 0 Å². The molecule has 2 aliphatic rings. The molecule has 5 heteroatoms. The predicted molar refractivity (Wildman–Crippen MR) is 64.7 cm³/mol. The number of anilines is 1. The normalized spacial score (nSPS) is 21.7. The Morgan fingerprint density at radius 3 is 3.12 bits per heavy atom. The first kappa shape index (κ1) is 11.0. The summed E-state index contributed by atoms with van der Waals surface area (Å²) >= 11 is 2.30. The van der Waals surface area contributed by atoms with Crippen molar-refractivity contribution < 1.29 is 14.6 Å². The summed E-state index contributed by atoms with van der Waals surface area (Å²) < 4.78 is 6.37. The van der Waals surface area contributed by atoms with Gasteiger partial charge in [-0.05, 0) is 0 Å². The summed E-state index contributed by atoms with van der Waals surface area (Å²) in [5.74, 6) is -0.385. The van der Waals surface area contributed by atoms with Gasteiger partial charge in [-0.25, -0.2) is 0 Å². The zero-order valence-corrected chi connectivity index (χ0v) is 11.1. The molecule has 0 bridgehead atoms. The van der Waals surface area contributed by atoms with Gasteiger partial charge in [0.05, 0.1) is 0 Å². The van der Waals surface area contributed by atoms with E-state index in [2.05, 4.69) is 21.8 Å². The first-order valence-electron chi connectivity index (χ1n) is 5.67. The molecule has 17 heavy (non-hydrogen) atoms. The Kier molecular flexibility index (Phi) is 2.55. The van der Waals surface area contributed by atoms with Crippen LogP contribution in [0, 0.1) is 0 Å². The van der Waals surface area contributed by atoms with E-state index in [1.807, 2.05) is 12.1 Å². The Morgan fingerprint density at radius 2 is 2.35 bits per heavy atom. The second-order valence-electron chi connectivity index (χ2n) is 4.41. The molecule has 0 aliphatic carbocycles. The quantitative estimate of drug-likeness (QED) is 0.768. The fourth-order valence-corrected chi connectivity index (χ4v) is 3.22. The van der Waals surface area contributed by atoms with E-state index >= 15 is 0 Å². The summed E-state index contributed by atoms with van der Waals surface area (Å²) in [7, 11) is 0. The third kappa shape index (κ3) is 1.62. The maximum absolute atomic E-state index is 11.3. The standard InChI is InChI=1S/C12H12AsNO3/c13-8-3-4-9-11(10(8)12(15)16)17-6-7-2-1-5-14(7)9/h3-4,7H,1-2,5-6H2,(H,15,16)/t7-/m1/s1. The summed E-state index contributed by atoms with van der Waals surface area (Å²) in [6.45, 7) is 1.60. The van der Waals surface area contributed by atoms with Crippen molar-refractivity contribution in [1.82, 2.24) is 0 Å². The van der Waals surface area contributed by atoms with Gasteiger partial charge in [0, 0.05) is 0 Å². The molecular weight excluding hydrogens is 281 g/mol. The van der Waals surface area contributed by atoms with Gasteiger partial charge in [0.25, 0.3) is 0 Å². The molecule has 0 amide bonds. The van der Waals surface area contributed by atoms with Gasteiger partial charge in [0.1, 0.15) is 0 Å². The first-order chi connectivity index (χ1) is 8.18. The maximum atomic E-state index is 11.3. The number of carboxylic acid groups (broad SMARTS) is 1. The number of ether oxygens (including phenoxy) is 1. The van der Waals surface area contributed by atoms with Crippen molar-refractivity contribution >= 4 is 32.9 Å². The van der Waals surface area contributed by atoms with Gasteiger partial charge in [-0.3, -0.25) is 0 Å². The fourth-order valence-electron chi connectivity index (χ4n) is 2.65. The van der Waals surface area contributed by atoms with Crippen molar-refractivity contribution in [2.75, 3.05) is 18.1 Å². The van der Waals surface area contributed by atoms with Gasteiger partial charge >= 0.3 is 108 Å². The molecule has 0 unspecified atom stereocenters. The van der Waals surface area contributed by atoms with Crippen LogP contribution in [-0.2, 0) is 0 Å². The average molecular weight is 293 g/mol. The number of rotatable bonds is 1. The molecule has 0 aromatic heterocycles. The predicted octanol–water partition coefficient (Wildman–Crippen LogP) is 0.540. The molecule has 3 rings (SSSR count). The monoisotopic (exact) mass is 293 g/mol. The third-order valence-corrected chi connectivity index (χ3v) is 4.22. The van der Waals surface area contributed by atoms with Crippen molar-refractivity contribution in [1.29, 1.82) is 0 Å². The van der Waals surface area contributed by atoms with E-state index in [-0.39, 0.29) is 5.56 Å². The molecule has 0 saturated carbocycles. The third-order valence-electron chi connectivity index (χ3n) is 3.44. The topological polar surface area (TPSA) is 49.8 Å². The summed E-state index contributed by atoms with van der Waals surface area (Å²) in [5, 5.41) is 9.25. The minimum absolute atomic E-state index is 0.285. The van der Waals surface area contributed by atoms with Crippen LogP contribution in [0.1, 0.15) is 23.2 Å². The summed E-state index contributed by atoms with van der Waals surface area (Å²) in [6, 6.07) is 4.22. The van der Waals surface area contributed by atoms with Gasteiger partial charge < -0.3 is 0 Å². The number of hydrogen-bond donors (Lipinski definition) is 1. The Balaban J connectivity index is 2.15. The molecule has 1 N–H and O–H groups in total. The molecule has 1 aromatic rings. The van der Waals surface area contributed by atoms with Crippen LogP contribution in [-0.4, -0.2) is 47.1 Å². The summed E-state index contributed by atoms with van der Waals surface area (Å²) in [6.07, 6.45) is 2.28. The van der Waals surface area contributed by atoms with Crippen LogP contribution in [0.2, 0.25) is 0 Å². The molecule has 0 spiro atoms. The van der Waals surface area contributed by atoms with Crippen molar-refractivity contribution in [3.63, 3.8) is 0 Å². The number of carbonyl (C=O) groups is 1. The van der Waals surface area contributed by atoms with Gasteiger partial charge in [-0.2, -0.15) is 0 Å². The van der Waals surface area contributed by atoms with E-state index in [1.54, 1.807) is 0 Å². The Hall–Kier alpha value is -1.15. The molecule has 1 fully saturated rings. The van der Waals surface area contributed by atoms with Crippen molar-refractivity contribution in [3.8, 4) is 5.75 Å². The number of nitrogens with zero attached hydrogens (tertiary/aromatic N) is 1. The van der Waals surface area contributed by atoms with Crippen LogP contribution in [0.5, 0.6) is 5.75 Å². The van der Waals surface area contributed by atoms with Crippen LogP contribution < -0.4 is 14.0 Å². The second-order valence-corrected chi connectivity index (χ2v) is 5.42. The Labute approximate surface area is 108 Å². The van der Waals surface area contributed by atoms with E-state index in [9.17, 15) is 9.90 Å². The molecule has 88 valence electrons. The van der Waals surface area contributed by atoms with Crippen molar-refractivity contribution in [2.24, 2.45) is 0 Å². The number of carboxylic acids is 1. The minimum atomic E-state index is -0.921. The van der Waals surface area contributed by atoms with Crippen LogP contribution in [0.3, 0.4) is 0 Å². The zero-order valence-electron chi connectivity index (χ0n) is 9.22. The molecular formula is C12H12AsNO3. The molecule has 1 aromatic carbocycles. The number of hydrogen-bond acceptors (Lipinski definition) is 3. The van der Waals surface area contributed by atoms with Gasteiger partial charge in [-0.1, -0.05) is 0 Å². The van der Waals surface area contributed by atoms with Crippen LogP contribution in [0.25, 0.3) is 0 Å². The van der Waals surface area contributed by atoms with Gasteiger partial charge in [-0.15, -0.1) is 0 Å². The van der Waals surface area contributed by atoms with Crippen molar-refractivity contribution in [2.45, 2.75) is 18.9 Å². The van der Waals surface area contributed by atoms with E-state index in [0.29, 0.717) is 22.7 Å². The number of benzene rings is 1. The van der Waals surface area contributed by atoms with E-state index in [0.717, 1.165) is 25.1 Å². The van der Waals surface area contributed by atoms with Gasteiger partial charge in [0.15, 0.2) is 0 Å². The fraction of sp³-hybridized carbons (Fsp3) is 0.417. The van der Waals surface area contributed by atoms with E-state index in [4.69, 9.17) is 4.74 Å². The second kappa shape index (κ2) is 3.95. The molecule has 1 atom stereocenters. The first-order valence-corrected chi connectivity index (χ1v) is 6.61. The van der Waals surface area contributed by atoms with E-state index in [1.165, 1.54) is 0 Å². The summed E-state index contributed by atoms with van der Waals surface area (Å²) in [4.78, 5) is 13.6. The summed E-state index contributed by atoms with van der Waals surface area (Å²) in [5.41, 5.74) is 1.22. The SMILES string of the molecule is O=C(O)c1c([As])ccc2c1OC[C@H]1CCCN21. The number of aromatic carboxylic acids is 1. The van der Waals surface area contributed by atoms with Gasteiger partial charge in [0.2, 0.25) is 0 Å². The van der Waals surface area contributed by atoms with Crippen LogP contribution in [0.4, 0.5) is 5.69 Å². The zero-order chi connectivity index (χ0) is 12.0. The molecule has 2 heterocycles. The van der Waals surface area contributed by atoms with E-state index < -0.39 is 5.97 Å². The van der Waals surface area contributed by atoms with Crippen molar-refractivity contribution in [3.05, 3.63) is 17.7 Å².